The van der Waals surface area contributed by atoms with Crippen LogP contribution < -0.4 is 10.1 Å². The van der Waals surface area contributed by atoms with Crippen LogP contribution in [0, 0.1) is 6.92 Å². The topological polar surface area (TPSA) is 38.3 Å². The van der Waals surface area contributed by atoms with Gasteiger partial charge in [-0.15, -0.1) is 0 Å². The molecule has 0 saturated carbocycles. The Morgan fingerprint density at radius 1 is 1.37 bits per heavy atom. The standard InChI is InChI=1S/C15H25NO2S/c1-11-6-7-15(18-4)14(10-11)13(3)16-9-8-12(2)19(5)17/h6-7,10,12-13,16H,8-9H2,1-5H3. The third kappa shape index (κ3) is 4.96. The maximum absolute atomic E-state index is 11.3. The summed E-state index contributed by atoms with van der Waals surface area (Å²) in [4.78, 5) is 0. The monoisotopic (exact) mass is 283 g/mol. The van der Waals surface area contributed by atoms with E-state index in [9.17, 15) is 4.21 Å². The van der Waals surface area contributed by atoms with Crippen LogP contribution in [0.25, 0.3) is 0 Å². The van der Waals surface area contributed by atoms with Crippen molar-refractivity contribution in [3.63, 3.8) is 0 Å². The molecule has 0 bridgehead atoms. The number of rotatable bonds is 7. The molecule has 3 nitrogen and oxygen atoms in total. The van der Waals surface area contributed by atoms with E-state index in [1.807, 2.05) is 13.0 Å². The van der Waals surface area contributed by atoms with Crippen molar-refractivity contribution in [3.05, 3.63) is 29.3 Å². The Labute approximate surface area is 119 Å². The Morgan fingerprint density at radius 3 is 2.63 bits per heavy atom. The summed E-state index contributed by atoms with van der Waals surface area (Å²) in [7, 11) is 0.954. The fourth-order valence-electron chi connectivity index (χ4n) is 1.97. The highest BCUT2D eigenvalue weighted by atomic mass is 32.2. The fraction of sp³-hybridized carbons (Fsp3) is 0.600. The van der Waals surface area contributed by atoms with Gasteiger partial charge in [-0.25, -0.2) is 0 Å². The van der Waals surface area contributed by atoms with Gasteiger partial charge in [-0.2, -0.15) is 0 Å². The number of nitrogens with one attached hydrogen (secondary N) is 1. The van der Waals surface area contributed by atoms with E-state index in [1.165, 1.54) is 11.1 Å². The zero-order chi connectivity index (χ0) is 14.4. The fourth-order valence-corrected chi connectivity index (χ4v) is 2.42. The molecule has 0 aliphatic carbocycles. The highest BCUT2D eigenvalue weighted by Crippen LogP contribution is 2.25. The lowest BCUT2D eigenvalue weighted by atomic mass is 10.0. The summed E-state index contributed by atoms with van der Waals surface area (Å²) in [6.45, 7) is 7.09. The summed E-state index contributed by atoms with van der Waals surface area (Å²) in [5.41, 5.74) is 2.40. The van der Waals surface area contributed by atoms with Gasteiger partial charge in [0.1, 0.15) is 5.75 Å². The van der Waals surface area contributed by atoms with Gasteiger partial charge in [0.05, 0.1) is 7.11 Å². The molecule has 1 N–H and O–H groups in total. The van der Waals surface area contributed by atoms with Gasteiger partial charge in [-0.1, -0.05) is 24.6 Å². The molecular weight excluding hydrogens is 258 g/mol. The first kappa shape index (κ1) is 16.2. The summed E-state index contributed by atoms with van der Waals surface area (Å²) in [6.07, 6.45) is 2.68. The Kier molecular flexibility index (Phi) is 6.52. The molecule has 0 aliphatic rings. The quantitative estimate of drug-likeness (QED) is 0.836. The van der Waals surface area contributed by atoms with Crippen molar-refractivity contribution in [2.24, 2.45) is 0 Å². The minimum Gasteiger partial charge on any atom is -0.496 e. The Bertz CT molecular complexity index is 434. The predicted molar refractivity (Wildman–Crippen MR) is 82.3 cm³/mol. The second-order valence-corrected chi connectivity index (χ2v) is 6.82. The second-order valence-electron chi connectivity index (χ2n) is 5.02. The lowest BCUT2D eigenvalue weighted by Gasteiger charge is -2.19. The average molecular weight is 283 g/mol. The zero-order valence-corrected chi connectivity index (χ0v) is 13.3. The summed E-state index contributed by atoms with van der Waals surface area (Å²) in [5.74, 6) is 0.915. The van der Waals surface area contributed by atoms with Crippen LogP contribution in [-0.4, -0.2) is 29.4 Å². The molecule has 1 aromatic rings. The molecule has 19 heavy (non-hydrogen) atoms. The van der Waals surface area contributed by atoms with Crippen LogP contribution in [0.5, 0.6) is 5.75 Å². The molecule has 0 spiro atoms. The van der Waals surface area contributed by atoms with Crippen LogP contribution in [0.4, 0.5) is 0 Å². The lowest BCUT2D eigenvalue weighted by Crippen LogP contribution is -2.24. The molecule has 0 amide bonds. The van der Waals surface area contributed by atoms with Crippen LogP contribution in [-0.2, 0) is 10.8 Å². The van der Waals surface area contributed by atoms with Crippen molar-refractivity contribution in [1.29, 1.82) is 0 Å². The summed E-state index contributed by atoms with van der Waals surface area (Å²) in [5, 5.41) is 3.71. The Balaban J connectivity index is 2.60. The maximum atomic E-state index is 11.3. The third-order valence-corrected chi connectivity index (χ3v) is 4.79. The van der Waals surface area contributed by atoms with Crippen molar-refractivity contribution in [2.45, 2.75) is 38.5 Å². The average Bonchev–Trinajstić information content (AvgIpc) is 2.38. The van der Waals surface area contributed by atoms with Crippen LogP contribution >= 0.6 is 0 Å². The Hall–Kier alpha value is -0.870. The number of ether oxygens (including phenoxy) is 1. The first-order valence-corrected chi connectivity index (χ1v) is 8.28. The molecule has 1 rings (SSSR count). The van der Waals surface area contributed by atoms with Gasteiger partial charge in [-0.05, 0) is 32.9 Å². The van der Waals surface area contributed by atoms with E-state index < -0.39 is 10.8 Å². The van der Waals surface area contributed by atoms with Crippen molar-refractivity contribution >= 4 is 10.8 Å². The largest absolute Gasteiger partial charge is 0.496 e. The smallest absolute Gasteiger partial charge is 0.123 e. The van der Waals surface area contributed by atoms with Gasteiger partial charge in [0.25, 0.3) is 0 Å². The minimum atomic E-state index is -0.744. The second kappa shape index (κ2) is 7.65. The molecule has 1 aromatic carbocycles. The molecule has 0 heterocycles. The molecule has 0 aromatic heterocycles. The van der Waals surface area contributed by atoms with Gasteiger partial charge in [0.15, 0.2) is 0 Å². The highest BCUT2D eigenvalue weighted by molar-refractivity contribution is 7.84. The first-order chi connectivity index (χ1) is 8.95. The van der Waals surface area contributed by atoms with Gasteiger partial charge in [0, 0.05) is 33.9 Å². The van der Waals surface area contributed by atoms with Gasteiger partial charge < -0.3 is 10.1 Å². The summed E-state index contributed by atoms with van der Waals surface area (Å²) < 4.78 is 16.7. The van der Waals surface area contributed by atoms with Gasteiger partial charge in [0.2, 0.25) is 0 Å². The minimum absolute atomic E-state index is 0.229. The zero-order valence-electron chi connectivity index (χ0n) is 12.5. The van der Waals surface area contributed by atoms with Crippen molar-refractivity contribution in [3.8, 4) is 5.75 Å². The molecule has 4 heteroatoms. The normalized spacial score (nSPS) is 15.8. The van der Waals surface area contributed by atoms with Crippen LogP contribution in [0.1, 0.15) is 37.4 Å². The van der Waals surface area contributed by atoms with E-state index in [4.69, 9.17) is 4.74 Å². The predicted octanol–water partition coefficient (Wildman–Crippen LogP) is 2.81. The van der Waals surface area contributed by atoms with Crippen LogP contribution in [0.2, 0.25) is 0 Å². The van der Waals surface area contributed by atoms with Crippen LogP contribution in [0.15, 0.2) is 18.2 Å². The molecule has 3 unspecified atom stereocenters. The molecule has 0 saturated heterocycles. The maximum Gasteiger partial charge on any atom is 0.123 e. The molecule has 0 radical (unpaired) electrons. The van der Waals surface area contributed by atoms with Crippen molar-refractivity contribution < 1.29 is 8.95 Å². The van der Waals surface area contributed by atoms with Gasteiger partial charge in [-0.3, -0.25) is 4.21 Å². The van der Waals surface area contributed by atoms with Crippen molar-refractivity contribution in [2.75, 3.05) is 19.9 Å². The third-order valence-electron chi connectivity index (χ3n) is 3.42. The van der Waals surface area contributed by atoms with Crippen molar-refractivity contribution in [1.82, 2.24) is 5.32 Å². The van der Waals surface area contributed by atoms with E-state index >= 15 is 0 Å². The number of methoxy groups -OCH3 is 1. The number of hydrogen-bond acceptors (Lipinski definition) is 3. The SMILES string of the molecule is COc1ccc(C)cc1C(C)NCCC(C)S(C)=O. The molecule has 108 valence electrons. The Morgan fingerprint density at radius 2 is 2.05 bits per heavy atom. The number of benzene rings is 1. The molecule has 0 aliphatic heterocycles. The summed E-state index contributed by atoms with van der Waals surface area (Å²) in [6, 6.07) is 6.44. The van der Waals surface area contributed by atoms with Gasteiger partial charge >= 0.3 is 0 Å². The van der Waals surface area contributed by atoms with Crippen LogP contribution in [0.3, 0.4) is 0 Å². The van der Waals surface area contributed by atoms with E-state index in [0.29, 0.717) is 0 Å². The summed E-state index contributed by atoms with van der Waals surface area (Å²) >= 11 is 0. The first-order valence-electron chi connectivity index (χ1n) is 6.65. The number of hydrogen-bond donors (Lipinski definition) is 1. The van der Waals surface area contributed by atoms with E-state index in [-0.39, 0.29) is 11.3 Å². The van der Waals surface area contributed by atoms with E-state index in [2.05, 4.69) is 31.3 Å². The number of aryl methyl sites for hydroxylation is 1. The molecule has 3 atom stereocenters. The van der Waals surface area contributed by atoms with E-state index in [1.54, 1.807) is 13.4 Å². The molecular formula is C15H25NO2S. The highest BCUT2D eigenvalue weighted by Gasteiger charge is 2.12. The lowest BCUT2D eigenvalue weighted by molar-refractivity contribution is 0.401. The molecule has 0 fully saturated rings. The van der Waals surface area contributed by atoms with E-state index in [0.717, 1.165) is 18.7 Å².